The Morgan fingerprint density at radius 2 is 2.26 bits per heavy atom. The van der Waals surface area contributed by atoms with Crippen molar-refractivity contribution in [1.82, 2.24) is 9.55 Å². The number of carbonyl (C=O) groups is 1. The average molecular weight is 274 g/mol. The van der Waals surface area contributed by atoms with E-state index in [-0.39, 0.29) is 5.91 Å². The molecule has 2 aromatic rings. The van der Waals surface area contributed by atoms with Crippen molar-refractivity contribution in [3.8, 4) is 0 Å². The molecule has 0 N–H and O–H groups in total. The first-order valence-corrected chi connectivity index (χ1v) is 6.04. The van der Waals surface area contributed by atoms with Gasteiger partial charge in [-0.1, -0.05) is 30.3 Å². The minimum absolute atomic E-state index is 0.366. The van der Waals surface area contributed by atoms with E-state index in [4.69, 9.17) is 11.6 Å². The normalized spacial score (nSPS) is 11.3. The molecule has 0 saturated carbocycles. The smallest absolute Gasteiger partial charge is 0.271 e. The highest BCUT2D eigenvalue weighted by Gasteiger charge is 1.98. The first-order chi connectivity index (χ1) is 9.19. The van der Waals surface area contributed by atoms with Gasteiger partial charge in [-0.05, 0) is 29.8 Å². The van der Waals surface area contributed by atoms with Gasteiger partial charge in [0.2, 0.25) is 0 Å². The maximum absolute atomic E-state index is 11.3. The predicted octanol–water partition coefficient (Wildman–Crippen LogP) is 2.20. The van der Waals surface area contributed by atoms with Crippen LogP contribution in [0, 0.1) is 0 Å². The Morgan fingerprint density at radius 1 is 1.42 bits per heavy atom. The van der Waals surface area contributed by atoms with Crippen LogP contribution in [0.15, 0.2) is 60.4 Å². The van der Waals surface area contributed by atoms with Gasteiger partial charge in [0.25, 0.3) is 5.91 Å². The molecule has 0 bridgehead atoms. The quantitative estimate of drug-likeness (QED) is 0.636. The van der Waals surface area contributed by atoms with Crippen LogP contribution in [0.3, 0.4) is 0 Å². The largest absolute Gasteiger partial charge is 0.328 e. The summed E-state index contributed by atoms with van der Waals surface area (Å²) in [7, 11) is 0. The molecule has 19 heavy (non-hydrogen) atoms. The van der Waals surface area contributed by atoms with E-state index in [1.165, 1.54) is 6.08 Å². The third-order valence-electron chi connectivity index (χ3n) is 2.46. The fraction of sp³-hybridized carbons (Fsp3) is 0.0714. The van der Waals surface area contributed by atoms with Crippen LogP contribution in [-0.2, 0) is 11.3 Å². The van der Waals surface area contributed by atoms with Gasteiger partial charge >= 0.3 is 0 Å². The van der Waals surface area contributed by atoms with Crippen LogP contribution >= 0.6 is 11.6 Å². The van der Waals surface area contributed by atoms with Gasteiger partial charge in [-0.25, -0.2) is 4.98 Å². The predicted molar refractivity (Wildman–Crippen MR) is 73.5 cm³/mol. The number of nitrogens with zero attached hydrogens (tertiary/aromatic N) is 3. The van der Waals surface area contributed by atoms with E-state index in [1.807, 2.05) is 29.0 Å². The molecule has 0 spiro atoms. The van der Waals surface area contributed by atoms with Gasteiger partial charge < -0.3 is 4.57 Å². The van der Waals surface area contributed by atoms with Gasteiger partial charge in [0, 0.05) is 12.4 Å². The Labute approximate surface area is 115 Å². The Bertz CT molecular complexity index is 659. The SMILES string of the molecule is C=CC(=O)N=c1ccccn1Cc1ccc(Cl)nc1. The number of halogens is 1. The van der Waals surface area contributed by atoms with E-state index in [2.05, 4.69) is 16.6 Å². The molecule has 0 aliphatic rings. The molecule has 2 rings (SSSR count). The third kappa shape index (κ3) is 3.63. The molecule has 0 radical (unpaired) electrons. The fourth-order valence-electron chi connectivity index (χ4n) is 1.56. The van der Waals surface area contributed by atoms with Crippen molar-refractivity contribution in [3.63, 3.8) is 0 Å². The van der Waals surface area contributed by atoms with E-state index in [0.29, 0.717) is 17.2 Å². The van der Waals surface area contributed by atoms with Crippen molar-refractivity contribution in [3.05, 3.63) is 71.6 Å². The summed E-state index contributed by atoms with van der Waals surface area (Å²) in [6.07, 6.45) is 4.73. The van der Waals surface area contributed by atoms with E-state index in [1.54, 1.807) is 18.3 Å². The highest BCUT2D eigenvalue weighted by Crippen LogP contribution is 2.05. The monoisotopic (exact) mass is 273 g/mol. The van der Waals surface area contributed by atoms with Crippen molar-refractivity contribution in [1.29, 1.82) is 0 Å². The zero-order valence-corrected chi connectivity index (χ0v) is 10.9. The Morgan fingerprint density at radius 3 is 2.95 bits per heavy atom. The van der Waals surface area contributed by atoms with E-state index < -0.39 is 0 Å². The molecule has 0 aromatic carbocycles. The van der Waals surface area contributed by atoms with Gasteiger partial charge in [-0.15, -0.1) is 0 Å². The highest BCUT2D eigenvalue weighted by atomic mass is 35.5. The molecule has 0 fully saturated rings. The first kappa shape index (κ1) is 13.2. The van der Waals surface area contributed by atoms with E-state index in [9.17, 15) is 4.79 Å². The standard InChI is InChI=1S/C14H12ClN3O/c1-2-14(19)17-13-5-3-4-8-18(13)10-11-6-7-12(15)16-9-11/h2-9H,1,10H2. The van der Waals surface area contributed by atoms with E-state index >= 15 is 0 Å². The lowest BCUT2D eigenvalue weighted by Gasteiger charge is -2.06. The minimum Gasteiger partial charge on any atom is -0.328 e. The van der Waals surface area contributed by atoms with Crippen molar-refractivity contribution in [2.75, 3.05) is 0 Å². The second kappa shape index (κ2) is 6.11. The molecule has 0 saturated heterocycles. The molecule has 1 amide bonds. The summed E-state index contributed by atoms with van der Waals surface area (Å²) in [5.74, 6) is -0.366. The number of pyridine rings is 2. The zero-order chi connectivity index (χ0) is 13.7. The molecular weight excluding hydrogens is 262 g/mol. The molecule has 0 aliphatic carbocycles. The molecule has 96 valence electrons. The van der Waals surface area contributed by atoms with Gasteiger partial charge in [0.05, 0.1) is 6.54 Å². The Balaban J connectivity index is 2.35. The summed E-state index contributed by atoms with van der Waals surface area (Å²) < 4.78 is 1.85. The molecule has 0 aliphatic heterocycles. The highest BCUT2D eigenvalue weighted by molar-refractivity contribution is 6.29. The van der Waals surface area contributed by atoms with Crippen LogP contribution in [0.1, 0.15) is 5.56 Å². The molecule has 4 nitrogen and oxygen atoms in total. The Kier molecular flexibility index (Phi) is 4.26. The summed E-state index contributed by atoms with van der Waals surface area (Å²) in [4.78, 5) is 19.3. The number of hydrogen-bond acceptors (Lipinski definition) is 2. The van der Waals surface area contributed by atoms with Crippen molar-refractivity contribution >= 4 is 17.5 Å². The summed E-state index contributed by atoms with van der Waals surface area (Å²) in [5.41, 5.74) is 1.55. The summed E-state index contributed by atoms with van der Waals surface area (Å²) in [6, 6.07) is 9.08. The van der Waals surface area contributed by atoms with Crippen LogP contribution in [-0.4, -0.2) is 15.5 Å². The van der Waals surface area contributed by atoms with Crippen LogP contribution in [0.2, 0.25) is 5.15 Å². The van der Waals surface area contributed by atoms with Gasteiger partial charge in [0.15, 0.2) is 0 Å². The number of aromatic nitrogens is 2. The lowest BCUT2D eigenvalue weighted by atomic mass is 10.3. The topological polar surface area (TPSA) is 47.2 Å². The molecule has 5 heteroatoms. The molecule has 2 aromatic heterocycles. The maximum atomic E-state index is 11.3. The van der Waals surface area contributed by atoms with Gasteiger partial charge in [-0.2, -0.15) is 4.99 Å². The average Bonchev–Trinajstić information content (AvgIpc) is 2.43. The molecule has 2 heterocycles. The third-order valence-corrected chi connectivity index (χ3v) is 2.68. The lowest BCUT2D eigenvalue weighted by molar-refractivity contribution is -0.113. The van der Waals surface area contributed by atoms with Gasteiger partial charge in [-0.3, -0.25) is 4.79 Å². The second-order valence-electron chi connectivity index (χ2n) is 3.83. The number of carbonyl (C=O) groups excluding carboxylic acids is 1. The molecular formula is C14H12ClN3O. The summed E-state index contributed by atoms with van der Waals surface area (Å²) >= 11 is 5.74. The van der Waals surface area contributed by atoms with E-state index in [0.717, 1.165) is 5.56 Å². The number of rotatable bonds is 3. The van der Waals surface area contributed by atoms with Crippen LogP contribution < -0.4 is 5.49 Å². The molecule has 0 atom stereocenters. The van der Waals surface area contributed by atoms with Crippen LogP contribution in [0.25, 0.3) is 0 Å². The van der Waals surface area contributed by atoms with Crippen LogP contribution in [0.4, 0.5) is 0 Å². The maximum Gasteiger partial charge on any atom is 0.271 e. The Hall–Kier alpha value is -2.20. The number of amides is 1. The lowest BCUT2D eigenvalue weighted by Crippen LogP contribution is -2.21. The number of hydrogen-bond donors (Lipinski definition) is 0. The van der Waals surface area contributed by atoms with Crippen molar-refractivity contribution in [2.24, 2.45) is 4.99 Å². The van der Waals surface area contributed by atoms with Crippen molar-refractivity contribution < 1.29 is 4.79 Å². The minimum atomic E-state index is -0.366. The zero-order valence-electron chi connectivity index (χ0n) is 10.2. The second-order valence-corrected chi connectivity index (χ2v) is 4.22. The van der Waals surface area contributed by atoms with Crippen molar-refractivity contribution in [2.45, 2.75) is 6.54 Å². The first-order valence-electron chi connectivity index (χ1n) is 5.66. The fourth-order valence-corrected chi connectivity index (χ4v) is 1.67. The summed E-state index contributed by atoms with van der Waals surface area (Å²) in [5, 5.41) is 0.452. The molecule has 0 unspecified atom stereocenters. The summed E-state index contributed by atoms with van der Waals surface area (Å²) in [6.45, 7) is 3.97. The van der Waals surface area contributed by atoms with Crippen LogP contribution in [0.5, 0.6) is 0 Å². The van der Waals surface area contributed by atoms with Gasteiger partial charge in [0.1, 0.15) is 10.6 Å².